The first-order valence-electron chi connectivity index (χ1n) is 10.7. The molecule has 2 aromatic carbocycles. The van der Waals surface area contributed by atoms with Crippen LogP contribution in [0.15, 0.2) is 65.6 Å². The smallest absolute Gasteiger partial charge is 0.545 e. The number of methoxy groups -OCH3 is 1. The number of benzene rings is 2. The first-order chi connectivity index (χ1) is 16.5. The third kappa shape index (κ3) is 9.29. The van der Waals surface area contributed by atoms with E-state index in [1.165, 1.54) is 29.8 Å². The Morgan fingerprint density at radius 1 is 1.06 bits per heavy atom. The van der Waals surface area contributed by atoms with Crippen LogP contribution in [0.1, 0.15) is 29.8 Å². The Morgan fingerprint density at radius 3 is 2.43 bits per heavy atom. The van der Waals surface area contributed by atoms with E-state index in [9.17, 15) is 18.7 Å². The Hall–Kier alpha value is -2.39. The van der Waals surface area contributed by atoms with Gasteiger partial charge in [0, 0.05) is 5.75 Å². The minimum Gasteiger partial charge on any atom is -0.545 e. The molecule has 178 valence electrons. The van der Waals surface area contributed by atoms with Crippen LogP contribution in [0.3, 0.4) is 0 Å². The summed E-state index contributed by atoms with van der Waals surface area (Å²) in [4.78, 5) is 15.2. The van der Waals surface area contributed by atoms with Crippen molar-refractivity contribution in [1.29, 1.82) is 0 Å². The SMILES string of the molecule is COc1ccc(CCCCOc2ccc(CSc3c(F)cccc3F)nc2/C=C/C(=O)[O-])cc1.[Na+]. The minimum atomic E-state index is -1.36. The van der Waals surface area contributed by atoms with E-state index in [-0.39, 0.29) is 40.2 Å². The molecule has 0 saturated heterocycles. The van der Waals surface area contributed by atoms with Crippen molar-refractivity contribution in [2.45, 2.75) is 29.9 Å². The predicted octanol–water partition coefficient (Wildman–Crippen LogP) is 1.83. The number of carbonyl (C=O) groups excluding carboxylic acids is 1. The van der Waals surface area contributed by atoms with Crippen LogP contribution in [0.5, 0.6) is 11.5 Å². The van der Waals surface area contributed by atoms with Crippen LogP contribution in [0.2, 0.25) is 0 Å². The number of carboxylic acid groups (broad SMARTS) is 1. The number of halogens is 2. The molecule has 3 aromatic rings. The summed E-state index contributed by atoms with van der Waals surface area (Å²) in [6.07, 6.45) is 4.75. The normalized spacial score (nSPS) is 10.7. The van der Waals surface area contributed by atoms with E-state index < -0.39 is 17.6 Å². The number of aryl methyl sites for hydroxylation is 1. The van der Waals surface area contributed by atoms with Gasteiger partial charge in [-0.05, 0) is 73.4 Å². The van der Waals surface area contributed by atoms with E-state index in [0.717, 1.165) is 42.8 Å². The van der Waals surface area contributed by atoms with Gasteiger partial charge in [0.1, 0.15) is 28.8 Å². The molecule has 0 saturated carbocycles. The fourth-order valence-electron chi connectivity index (χ4n) is 3.15. The molecule has 0 aliphatic carbocycles. The average Bonchev–Trinajstić information content (AvgIpc) is 2.83. The number of hydrogen-bond donors (Lipinski definition) is 0. The maximum absolute atomic E-state index is 13.9. The zero-order valence-corrected chi connectivity index (χ0v) is 22.4. The molecule has 0 amide bonds. The summed E-state index contributed by atoms with van der Waals surface area (Å²) in [6, 6.07) is 15.0. The second-order valence-corrected chi connectivity index (χ2v) is 8.32. The minimum absolute atomic E-state index is 0. The molecule has 0 radical (unpaired) electrons. The molecule has 0 aliphatic heterocycles. The average molecular weight is 508 g/mol. The van der Waals surface area contributed by atoms with Gasteiger partial charge in [0.2, 0.25) is 0 Å². The number of aromatic nitrogens is 1. The number of carbonyl (C=O) groups is 1. The summed E-state index contributed by atoms with van der Waals surface area (Å²) >= 11 is 0.976. The molecule has 0 bridgehead atoms. The maximum atomic E-state index is 13.9. The monoisotopic (exact) mass is 507 g/mol. The quantitative estimate of drug-likeness (QED) is 0.161. The molecule has 5 nitrogen and oxygen atoms in total. The molecule has 1 aromatic heterocycles. The van der Waals surface area contributed by atoms with Gasteiger partial charge in [-0.1, -0.05) is 18.2 Å². The van der Waals surface area contributed by atoms with E-state index in [1.807, 2.05) is 24.3 Å². The topological polar surface area (TPSA) is 71.5 Å². The first-order valence-corrected chi connectivity index (χ1v) is 11.7. The van der Waals surface area contributed by atoms with Crippen LogP contribution >= 0.6 is 11.8 Å². The molecule has 1 heterocycles. The van der Waals surface area contributed by atoms with E-state index in [0.29, 0.717) is 23.7 Å². The van der Waals surface area contributed by atoms with Crippen LogP contribution in [-0.2, 0) is 17.0 Å². The number of aliphatic carboxylic acids is 1. The van der Waals surface area contributed by atoms with E-state index in [2.05, 4.69) is 4.98 Å². The molecule has 0 unspecified atom stereocenters. The van der Waals surface area contributed by atoms with Crippen molar-refractivity contribution in [1.82, 2.24) is 4.98 Å². The molecular formula is C26H24F2NNaO4S. The van der Waals surface area contributed by atoms with Crippen LogP contribution < -0.4 is 44.1 Å². The first kappa shape index (κ1) is 28.8. The summed E-state index contributed by atoms with van der Waals surface area (Å²) in [5.74, 6) is -1.20. The third-order valence-corrected chi connectivity index (χ3v) is 6.00. The summed E-state index contributed by atoms with van der Waals surface area (Å²) in [6.45, 7) is 0.429. The Morgan fingerprint density at radius 2 is 1.77 bits per heavy atom. The Bertz CT molecular complexity index is 1120. The van der Waals surface area contributed by atoms with E-state index >= 15 is 0 Å². The van der Waals surface area contributed by atoms with Gasteiger partial charge in [-0.25, -0.2) is 13.8 Å². The zero-order chi connectivity index (χ0) is 24.3. The molecule has 0 aliphatic rings. The number of ether oxygens (including phenoxy) is 2. The summed E-state index contributed by atoms with van der Waals surface area (Å²) in [7, 11) is 1.63. The number of nitrogens with zero attached hydrogens (tertiary/aromatic N) is 1. The fourth-order valence-corrected chi connectivity index (χ4v) is 4.01. The predicted molar refractivity (Wildman–Crippen MR) is 126 cm³/mol. The van der Waals surface area contributed by atoms with Gasteiger partial charge < -0.3 is 19.4 Å². The van der Waals surface area contributed by atoms with Crippen molar-refractivity contribution in [3.8, 4) is 11.5 Å². The van der Waals surface area contributed by atoms with Crippen molar-refractivity contribution in [2.75, 3.05) is 13.7 Å². The largest absolute Gasteiger partial charge is 1.00 e. The molecule has 0 N–H and O–H groups in total. The van der Waals surface area contributed by atoms with Crippen molar-refractivity contribution in [3.63, 3.8) is 0 Å². The van der Waals surface area contributed by atoms with Gasteiger partial charge in [-0.2, -0.15) is 0 Å². The Labute approximate surface area is 229 Å². The van der Waals surface area contributed by atoms with Gasteiger partial charge in [0.05, 0.1) is 30.3 Å². The molecule has 35 heavy (non-hydrogen) atoms. The van der Waals surface area contributed by atoms with Crippen LogP contribution in [0.25, 0.3) is 6.08 Å². The number of pyridine rings is 1. The van der Waals surface area contributed by atoms with Gasteiger partial charge in [0.15, 0.2) is 0 Å². The molecule has 0 atom stereocenters. The summed E-state index contributed by atoms with van der Waals surface area (Å²) in [5, 5.41) is 10.9. The zero-order valence-electron chi connectivity index (χ0n) is 19.6. The molecular weight excluding hydrogens is 483 g/mol. The number of hydrogen-bond acceptors (Lipinski definition) is 6. The summed E-state index contributed by atoms with van der Waals surface area (Å²) < 4.78 is 38.7. The van der Waals surface area contributed by atoms with E-state index in [1.54, 1.807) is 19.2 Å². The molecule has 0 fully saturated rings. The van der Waals surface area contributed by atoms with Crippen LogP contribution in [0, 0.1) is 11.6 Å². The number of carboxylic acids is 1. The van der Waals surface area contributed by atoms with Gasteiger partial charge in [-0.3, -0.25) is 0 Å². The maximum Gasteiger partial charge on any atom is 1.00 e. The fraction of sp³-hybridized carbons (Fsp3) is 0.231. The number of rotatable bonds is 12. The van der Waals surface area contributed by atoms with E-state index in [4.69, 9.17) is 9.47 Å². The van der Waals surface area contributed by atoms with Gasteiger partial charge in [0.25, 0.3) is 0 Å². The van der Waals surface area contributed by atoms with Crippen molar-refractivity contribution in [3.05, 3.63) is 89.3 Å². The Kier molecular flexibility index (Phi) is 12.3. The number of unbranched alkanes of at least 4 members (excludes halogenated alkanes) is 1. The molecule has 0 spiro atoms. The number of thioether (sulfide) groups is 1. The second kappa shape index (κ2) is 14.9. The van der Waals surface area contributed by atoms with Gasteiger partial charge in [-0.15, -0.1) is 11.8 Å². The van der Waals surface area contributed by atoms with Crippen LogP contribution in [-0.4, -0.2) is 24.7 Å². The van der Waals surface area contributed by atoms with Gasteiger partial charge >= 0.3 is 29.6 Å². The Balaban J connectivity index is 0.00000432. The standard InChI is InChI=1S/C26H25F2NO4S.Na/c1-32-20-11-8-18(9-12-20)5-2-3-16-33-24-14-10-19(29-23(24)13-15-25(30)31)17-34-26-21(27)6-4-7-22(26)28;/h4,6-15H,2-3,5,16-17H2,1H3,(H,30,31);/q;+1/p-1/b15-13+;. The van der Waals surface area contributed by atoms with Crippen LogP contribution in [0.4, 0.5) is 8.78 Å². The molecule has 9 heteroatoms. The van der Waals surface area contributed by atoms with Crippen molar-refractivity contribution < 1.29 is 57.7 Å². The summed E-state index contributed by atoms with van der Waals surface area (Å²) in [5.41, 5.74) is 2.04. The van der Waals surface area contributed by atoms with Crippen molar-refractivity contribution in [2.24, 2.45) is 0 Å². The third-order valence-electron chi connectivity index (χ3n) is 4.88. The van der Waals surface area contributed by atoms with Crippen molar-refractivity contribution >= 4 is 23.8 Å². The second-order valence-electron chi connectivity index (χ2n) is 7.33. The molecule has 3 rings (SSSR count).